The van der Waals surface area contributed by atoms with Gasteiger partial charge in [0.1, 0.15) is 0 Å². The number of carbonyl (C=O) groups excluding carboxylic acids is 2. The maximum absolute atomic E-state index is 12.2. The summed E-state index contributed by atoms with van der Waals surface area (Å²) in [6.07, 6.45) is 0. The zero-order valence-electron chi connectivity index (χ0n) is 16.5. The number of benzene rings is 2. The number of fused-ring (bicyclic) bond motifs is 1. The highest BCUT2D eigenvalue weighted by Gasteiger charge is 2.17. The highest BCUT2D eigenvalue weighted by Crippen LogP contribution is 2.34. The second-order valence-electron chi connectivity index (χ2n) is 6.40. The fraction of sp³-hybridized carbons (Fsp3) is 0.300. The Morgan fingerprint density at radius 3 is 2.66 bits per heavy atom. The minimum absolute atomic E-state index is 0.0227. The first-order valence-corrected chi connectivity index (χ1v) is 8.89. The largest absolute Gasteiger partial charge is 0.493 e. The molecule has 1 aliphatic rings. The first kappa shape index (κ1) is 20.3. The van der Waals surface area contributed by atoms with Crippen molar-refractivity contribution in [2.75, 3.05) is 39.9 Å². The van der Waals surface area contributed by atoms with E-state index in [0.717, 1.165) is 5.56 Å². The molecule has 2 N–H and O–H groups in total. The number of hydrogen-bond donors (Lipinski definition) is 2. The third kappa shape index (κ3) is 5.08. The normalized spacial score (nSPS) is 11.9. The molecule has 0 bridgehead atoms. The van der Waals surface area contributed by atoms with Crippen LogP contribution in [0.5, 0.6) is 23.0 Å². The Labute approximate surface area is 168 Å². The number of para-hydroxylation sites is 1. The van der Waals surface area contributed by atoms with Crippen molar-refractivity contribution in [3.8, 4) is 23.0 Å². The number of ether oxygens (including phenoxy) is 4. The first-order chi connectivity index (χ1) is 14.0. The van der Waals surface area contributed by atoms with Crippen LogP contribution in [0.1, 0.15) is 5.56 Å². The lowest BCUT2D eigenvalue weighted by molar-refractivity contribution is -0.120. The molecule has 2 aromatic rings. The third-order valence-electron chi connectivity index (χ3n) is 4.22. The van der Waals surface area contributed by atoms with Gasteiger partial charge in [0.25, 0.3) is 0 Å². The van der Waals surface area contributed by atoms with Gasteiger partial charge < -0.3 is 24.3 Å². The summed E-state index contributed by atoms with van der Waals surface area (Å²) in [6.45, 7) is 0.611. The van der Waals surface area contributed by atoms with Crippen LogP contribution >= 0.6 is 0 Å². The molecule has 3 rings (SSSR count). The Kier molecular flexibility index (Phi) is 6.40. The fourth-order valence-electron chi connectivity index (χ4n) is 2.97. The van der Waals surface area contributed by atoms with Crippen molar-refractivity contribution < 1.29 is 28.5 Å². The molecule has 0 saturated carbocycles. The number of carbonyl (C=O) groups is 2. The van der Waals surface area contributed by atoms with Crippen molar-refractivity contribution in [3.63, 3.8) is 0 Å². The van der Waals surface area contributed by atoms with Crippen LogP contribution in [0.15, 0.2) is 36.4 Å². The molecule has 0 unspecified atom stereocenters. The summed E-state index contributed by atoms with van der Waals surface area (Å²) in [7, 11) is 4.90. The van der Waals surface area contributed by atoms with Crippen molar-refractivity contribution >= 4 is 17.6 Å². The summed E-state index contributed by atoms with van der Waals surface area (Å²) >= 11 is 0. The van der Waals surface area contributed by atoms with Crippen LogP contribution in [0.4, 0.5) is 10.5 Å². The van der Waals surface area contributed by atoms with Gasteiger partial charge in [-0.05, 0) is 25.2 Å². The summed E-state index contributed by atoms with van der Waals surface area (Å²) in [5.74, 6) is 1.95. The fourth-order valence-corrected chi connectivity index (χ4v) is 2.97. The predicted octanol–water partition coefficient (Wildman–Crippen LogP) is 2.21. The number of nitrogens with one attached hydrogen (secondary N) is 2. The van der Waals surface area contributed by atoms with E-state index in [4.69, 9.17) is 18.9 Å². The van der Waals surface area contributed by atoms with Crippen molar-refractivity contribution in [2.24, 2.45) is 0 Å². The van der Waals surface area contributed by atoms with Crippen LogP contribution < -0.4 is 29.6 Å². The lowest BCUT2D eigenvalue weighted by Gasteiger charge is -2.19. The lowest BCUT2D eigenvalue weighted by atomic mass is 10.1. The molecule has 29 heavy (non-hydrogen) atoms. The van der Waals surface area contributed by atoms with Gasteiger partial charge in [0.05, 0.1) is 20.8 Å². The Hall–Kier alpha value is -3.46. The summed E-state index contributed by atoms with van der Waals surface area (Å²) in [6, 6.07) is 9.91. The van der Waals surface area contributed by atoms with E-state index in [0.29, 0.717) is 35.2 Å². The summed E-state index contributed by atoms with van der Waals surface area (Å²) in [5, 5.41) is 4.90. The molecule has 0 aromatic heterocycles. The average Bonchev–Trinajstić information content (AvgIpc) is 3.15. The molecule has 9 nitrogen and oxygen atoms in total. The van der Waals surface area contributed by atoms with Crippen LogP contribution in [0.25, 0.3) is 0 Å². The molecule has 3 amide bonds. The summed E-state index contributed by atoms with van der Waals surface area (Å²) in [5.41, 5.74) is 1.36. The number of nitrogens with zero attached hydrogens (tertiary/aromatic N) is 1. The van der Waals surface area contributed by atoms with Gasteiger partial charge in [0, 0.05) is 23.9 Å². The van der Waals surface area contributed by atoms with Crippen LogP contribution in [0.3, 0.4) is 0 Å². The van der Waals surface area contributed by atoms with E-state index in [1.807, 2.05) is 12.1 Å². The molecule has 0 fully saturated rings. The molecule has 1 aliphatic heterocycles. The van der Waals surface area contributed by atoms with E-state index < -0.39 is 11.9 Å². The van der Waals surface area contributed by atoms with Crippen LogP contribution in [0, 0.1) is 0 Å². The van der Waals surface area contributed by atoms with Gasteiger partial charge >= 0.3 is 6.03 Å². The monoisotopic (exact) mass is 401 g/mol. The lowest BCUT2D eigenvalue weighted by Crippen LogP contribution is -2.40. The number of amides is 3. The number of rotatable bonds is 7. The predicted molar refractivity (Wildman–Crippen MR) is 106 cm³/mol. The molecule has 154 valence electrons. The second-order valence-corrected chi connectivity index (χ2v) is 6.40. The number of urea groups is 1. The van der Waals surface area contributed by atoms with Gasteiger partial charge in [0.2, 0.25) is 12.7 Å². The second kappa shape index (κ2) is 9.16. The quantitative estimate of drug-likeness (QED) is 0.734. The maximum atomic E-state index is 12.2. The highest BCUT2D eigenvalue weighted by atomic mass is 16.7. The Bertz CT molecular complexity index is 902. The molecular weight excluding hydrogens is 378 g/mol. The standard InChI is InChI=1S/C20H23N3O6/c1-23(10-13-5-4-6-16(26-2)19(13)27-3)11-18(24)22-20(25)21-14-7-8-15-17(9-14)29-12-28-15/h4-9H,10-12H2,1-3H3,(H2,21,22,24,25). The molecule has 1 heterocycles. The Morgan fingerprint density at radius 2 is 1.90 bits per heavy atom. The molecular formula is C20H23N3O6. The zero-order valence-corrected chi connectivity index (χ0v) is 16.5. The van der Waals surface area contributed by atoms with Gasteiger partial charge in [-0.25, -0.2) is 4.79 Å². The molecule has 2 aromatic carbocycles. The van der Waals surface area contributed by atoms with E-state index in [1.165, 1.54) is 0 Å². The maximum Gasteiger partial charge on any atom is 0.325 e. The number of methoxy groups -OCH3 is 2. The molecule has 0 radical (unpaired) electrons. The minimum Gasteiger partial charge on any atom is -0.493 e. The Morgan fingerprint density at radius 1 is 1.10 bits per heavy atom. The Balaban J connectivity index is 1.52. The van der Waals surface area contributed by atoms with Crippen molar-refractivity contribution in [3.05, 3.63) is 42.0 Å². The van der Waals surface area contributed by atoms with Gasteiger partial charge in [-0.1, -0.05) is 12.1 Å². The van der Waals surface area contributed by atoms with Gasteiger partial charge in [-0.2, -0.15) is 0 Å². The average molecular weight is 401 g/mol. The van der Waals surface area contributed by atoms with Crippen LogP contribution in [-0.2, 0) is 11.3 Å². The molecule has 9 heteroatoms. The van der Waals surface area contributed by atoms with Crippen molar-refractivity contribution in [2.45, 2.75) is 6.54 Å². The SMILES string of the molecule is COc1cccc(CN(C)CC(=O)NC(=O)Nc2ccc3c(c2)OCO3)c1OC. The number of likely N-dealkylation sites (N-methyl/N-ethyl adjacent to an activating group) is 1. The number of anilines is 1. The molecule has 0 saturated heterocycles. The molecule has 0 aliphatic carbocycles. The molecule has 0 atom stereocenters. The van der Waals surface area contributed by atoms with E-state index in [-0.39, 0.29) is 13.3 Å². The molecule has 0 spiro atoms. The van der Waals surface area contributed by atoms with E-state index in [2.05, 4.69) is 10.6 Å². The summed E-state index contributed by atoms with van der Waals surface area (Å²) in [4.78, 5) is 26.0. The highest BCUT2D eigenvalue weighted by molar-refractivity contribution is 6.01. The summed E-state index contributed by atoms with van der Waals surface area (Å²) < 4.78 is 21.2. The van der Waals surface area contributed by atoms with Crippen LogP contribution in [0.2, 0.25) is 0 Å². The van der Waals surface area contributed by atoms with Crippen molar-refractivity contribution in [1.82, 2.24) is 10.2 Å². The number of imide groups is 1. The van der Waals surface area contributed by atoms with Gasteiger partial charge in [-0.3, -0.25) is 15.0 Å². The van der Waals surface area contributed by atoms with Gasteiger partial charge in [0.15, 0.2) is 23.0 Å². The van der Waals surface area contributed by atoms with E-state index in [1.54, 1.807) is 50.4 Å². The van der Waals surface area contributed by atoms with Crippen molar-refractivity contribution in [1.29, 1.82) is 0 Å². The topological polar surface area (TPSA) is 98.4 Å². The van der Waals surface area contributed by atoms with E-state index in [9.17, 15) is 9.59 Å². The zero-order chi connectivity index (χ0) is 20.8. The van der Waals surface area contributed by atoms with Crippen LogP contribution in [-0.4, -0.2) is 51.4 Å². The smallest absolute Gasteiger partial charge is 0.325 e. The minimum atomic E-state index is -0.624. The number of hydrogen-bond acceptors (Lipinski definition) is 7. The van der Waals surface area contributed by atoms with Gasteiger partial charge in [-0.15, -0.1) is 0 Å². The third-order valence-corrected chi connectivity index (χ3v) is 4.22. The first-order valence-electron chi connectivity index (χ1n) is 8.89. The van der Waals surface area contributed by atoms with E-state index >= 15 is 0 Å².